The number of aliphatic hydroxyl groups excluding tert-OH is 1. The van der Waals surface area contributed by atoms with Gasteiger partial charge in [-0.15, -0.1) is 24.9 Å². The molecule has 248 valence electrons. The minimum Gasteiger partial charge on any atom is -0.465 e. The molecule has 8 nitrogen and oxygen atoms in total. The third-order valence-corrected chi connectivity index (χ3v) is 13.2. The number of amides is 2. The van der Waals surface area contributed by atoms with E-state index < -0.39 is 28.7 Å². The summed E-state index contributed by atoms with van der Waals surface area (Å²) in [5.41, 5.74) is 1.79. The predicted octanol–water partition coefficient (Wildman–Crippen LogP) is 5.82. The first-order chi connectivity index (χ1) is 21.6. The van der Waals surface area contributed by atoms with Crippen LogP contribution < -0.4 is 9.80 Å². The van der Waals surface area contributed by atoms with E-state index in [1.165, 1.54) is 0 Å². The summed E-state index contributed by atoms with van der Waals surface area (Å²) < 4.78 is 4.94. The zero-order valence-corrected chi connectivity index (χ0v) is 29.6. The number of halogens is 1. The van der Waals surface area contributed by atoms with Gasteiger partial charge in [0.25, 0.3) is 5.91 Å². The summed E-state index contributed by atoms with van der Waals surface area (Å²) in [5.74, 6) is -2.24. The number of hydrogen-bond donors (Lipinski definition) is 1. The zero-order chi connectivity index (χ0) is 32.9. The number of rotatable bonds is 17. The Hall–Kier alpha value is -2.30. The number of alkyl halides is 1. The molecule has 0 saturated carbocycles. The molecule has 2 bridgehead atoms. The second-order valence-corrected chi connectivity index (χ2v) is 15.1. The van der Waals surface area contributed by atoms with Crippen molar-refractivity contribution in [2.75, 3.05) is 42.6 Å². The van der Waals surface area contributed by atoms with Crippen LogP contribution in [0, 0.1) is 17.8 Å². The third-order valence-electron chi connectivity index (χ3n) is 9.99. The molecule has 3 aliphatic rings. The average molecular weight is 705 g/mol. The number of benzene rings is 1. The van der Waals surface area contributed by atoms with E-state index in [0.717, 1.165) is 50.1 Å². The van der Waals surface area contributed by atoms with Crippen LogP contribution in [0.3, 0.4) is 0 Å². The number of fused-ring (bicyclic) bond motifs is 1. The molecule has 3 aliphatic heterocycles. The summed E-state index contributed by atoms with van der Waals surface area (Å²) in [7, 11) is 0. The van der Waals surface area contributed by atoms with E-state index in [4.69, 9.17) is 4.74 Å². The predicted molar refractivity (Wildman–Crippen MR) is 187 cm³/mol. The Morgan fingerprint density at radius 1 is 1.16 bits per heavy atom. The monoisotopic (exact) mass is 703 g/mol. The maximum atomic E-state index is 15.0. The minimum absolute atomic E-state index is 0.0529. The quantitative estimate of drug-likeness (QED) is 0.0947. The molecular formula is C35H50BrN3O5S. The Kier molecular flexibility index (Phi) is 12.3. The number of carbonyl (C=O) groups excluding carboxylic acids is 3. The summed E-state index contributed by atoms with van der Waals surface area (Å²) in [6, 6.07) is 6.52. The van der Waals surface area contributed by atoms with Crippen molar-refractivity contribution in [3.8, 4) is 0 Å². The lowest BCUT2D eigenvalue weighted by Crippen LogP contribution is -2.59. The fraction of sp³-hybridized carbons (Fsp3) is 0.629. The topological polar surface area (TPSA) is 90.4 Å². The molecule has 3 fully saturated rings. The van der Waals surface area contributed by atoms with Gasteiger partial charge in [0, 0.05) is 41.1 Å². The van der Waals surface area contributed by atoms with Gasteiger partial charge >= 0.3 is 5.97 Å². The number of nitrogens with zero attached hydrogens (tertiary/aromatic N) is 3. The summed E-state index contributed by atoms with van der Waals surface area (Å²) >= 11 is 5.42. The van der Waals surface area contributed by atoms with Gasteiger partial charge in [0.1, 0.15) is 6.04 Å². The van der Waals surface area contributed by atoms with Crippen molar-refractivity contribution in [1.82, 2.24) is 4.90 Å². The van der Waals surface area contributed by atoms with Crippen LogP contribution in [-0.2, 0) is 19.1 Å². The maximum absolute atomic E-state index is 15.0. The number of ether oxygens (including phenoxy) is 1. The Bertz CT molecular complexity index is 1230. The van der Waals surface area contributed by atoms with Crippen molar-refractivity contribution in [1.29, 1.82) is 0 Å². The number of aliphatic hydroxyl groups is 1. The van der Waals surface area contributed by atoms with E-state index in [1.54, 1.807) is 27.6 Å². The van der Waals surface area contributed by atoms with E-state index in [2.05, 4.69) is 47.8 Å². The first kappa shape index (κ1) is 35.6. The highest BCUT2D eigenvalue weighted by Gasteiger charge is 2.77. The number of thioether (sulfide) groups is 1. The molecule has 1 N–H and O–H groups in total. The Morgan fingerprint density at radius 2 is 1.82 bits per heavy atom. The van der Waals surface area contributed by atoms with Crippen LogP contribution in [0.15, 0.2) is 49.6 Å². The Morgan fingerprint density at radius 3 is 2.40 bits per heavy atom. The largest absolute Gasteiger partial charge is 0.465 e. The van der Waals surface area contributed by atoms with Gasteiger partial charge in [0.15, 0.2) is 0 Å². The molecule has 3 unspecified atom stereocenters. The second kappa shape index (κ2) is 15.5. The van der Waals surface area contributed by atoms with Gasteiger partial charge in [-0.3, -0.25) is 14.4 Å². The first-order valence-corrected chi connectivity index (χ1v) is 18.2. The molecule has 45 heavy (non-hydrogen) atoms. The minimum atomic E-state index is -0.857. The van der Waals surface area contributed by atoms with Gasteiger partial charge in [-0.1, -0.05) is 48.4 Å². The van der Waals surface area contributed by atoms with Gasteiger partial charge in [0.05, 0.1) is 35.8 Å². The highest BCUT2D eigenvalue weighted by Crippen LogP contribution is 2.68. The fourth-order valence-electron chi connectivity index (χ4n) is 7.48. The summed E-state index contributed by atoms with van der Waals surface area (Å²) in [6.07, 6.45) is 7.29. The highest BCUT2D eigenvalue weighted by atomic mass is 79.9. The molecule has 0 radical (unpaired) electrons. The summed E-state index contributed by atoms with van der Waals surface area (Å²) in [5, 5.41) is 10.5. The lowest BCUT2D eigenvalue weighted by Gasteiger charge is -2.41. The molecule has 4 rings (SSSR count). The van der Waals surface area contributed by atoms with Crippen molar-refractivity contribution in [2.45, 2.75) is 86.7 Å². The number of likely N-dealkylation sites (tertiary alicyclic amines) is 1. The van der Waals surface area contributed by atoms with E-state index in [-0.39, 0.29) is 53.5 Å². The molecule has 0 aromatic heterocycles. The molecule has 2 amide bonds. The van der Waals surface area contributed by atoms with Gasteiger partial charge < -0.3 is 24.5 Å². The Labute approximate surface area is 281 Å². The molecule has 8 atom stereocenters. The molecule has 3 saturated heterocycles. The molecule has 1 aromatic rings. The van der Waals surface area contributed by atoms with Crippen molar-refractivity contribution in [3.05, 3.63) is 49.6 Å². The van der Waals surface area contributed by atoms with Gasteiger partial charge in [-0.05, 0) is 69.7 Å². The van der Waals surface area contributed by atoms with Gasteiger partial charge in [0.2, 0.25) is 5.91 Å². The van der Waals surface area contributed by atoms with Crippen LogP contribution in [0.2, 0.25) is 0 Å². The summed E-state index contributed by atoms with van der Waals surface area (Å²) in [6.45, 7) is 18.0. The summed E-state index contributed by atoms with van der Waals surface area (Å²) in [4.78, 5) is 48.8. The average Bonchev–Trinajstić information content (AvgIpc) is 3.64. The van der Waals surface area contributed by atoms with Crippen molar-refractivity contribution < 1.29 is 24.2 Å². The van der Waals surface area contributed by atoms with Gasteiger partial charge in [-0.2, -0.15) is 0 Å². The third kappa shape index (κ3) is 6.61. The van der Waals surface area contributed by atoms with Crippen LogP contribution in [0.4, 0.5) is 11.4 Å². The van der Waals surface area contributed by atoms with Crippen LogP contribution in [0.1, 0.15) is 59.8 Å². The van der Waals surface area contributed by atoms with Crippen LogP contribution in [0.25, 0.3) is 0 Å². The van der Waals surface area contributed by atoms with E-state index in [1.807, 2.05) is 44.2 Å². The lowest BCUT2D eigenvalue weighted by molar-refractivity contribution is -0.154. The normalized spacial score (nSPS) is 28.0. The maximum Gasteiger partial charge on any atom is 0.310 e. The molecule has 10 heteroatoms. The van der Waals surface area contributed by atoms with E-state index in [0.29, 0.717) is 6.42 Å². The van der Waals surface area contributed by atoms with Crippen molar-refractivity contribution in [2.24, 2.45) is 17.8 Å². The van der Waals surface area contributed by atoms with E-state index in [9.17, 15) is 19.5 Å². The van der Waals surface area contributed by atoms with Crippen LogP contribution >= 0.6 is 27.7 Å². The number of allylic oxidation sites excluding steroid dienone is 1. The fourth-order valence-corrected chi connectivity index (χ4v) is 11.1. The van der Waals surface area contributed by atoms with E-state index >= 15 is 0 Å². The van der Waals surface area contributed by atoms with Crippen molar-refractivity contribution >= 4 is 56.9 Å². The molecular weight excluding hydrogens is 654 g/mol. The molecule has 0 aliphatic carbocycles. The number of anilines is 2. The standard InChI is InChI=1S/C35H50BrN3O5S/c1-7-12-13-14-20-44-34(43)28-29-32(41)39(27(22-40)23(6)9-3)31(35(29)21-26(36)30(28)45-35)33(42)38(19-8-2)25-17-15-24(16-18-25)37(10-4)11-5/h7-8,15-18,23,26-31,40H,1-2,9-14,19-22H2,3-6H3/t23-,26?,27-,28-,29-,30-,31?,35?/m0/s1. The lowest BCUT2D eigenvalue weighted by atomic mass is 9.71. The Balaban J connectivity index is 1.75. The first-order valence-electron chi connectivity index (χ1n) is 16.4. The number of esters is 1. The number of hydrogen-bond acceptors (Lipinski definition) is 7. The zero-order valence-electron chi connectivity index (χ0n) is 27.2. The van der Waals surface area contributed by atoms with Gasteiger partial charge in [-0.25, -0.2) is 0 Å². The molecule has 3 heterocycles. The molecule has 1 aromatic carbocycles. The van der Waals surface area contributed by atoms with Crippen LogP contribution in [-0.4, -0.2) is 87.5 Å². The van der Waals surface area contributed by atoms with Crippen LogP contribution in [0.5, 0.6) is 0 Å². The number of unbranched alkanes of at least 4 members (excludes halogenated alkanes) is 2. The second-order valence-electron chi connectivity index (χ2n) is 12.4. The molecule has 1 spiro atoms. The number of carbonyl (C=O) groups is 3. The smallest absolute Gasteiger partial charge is 0.310 e. The highest BCUT2D eigenvalue weighted by molar-refractivity contribution is 9.09. The SMILES string of the molecule is C=CCCCCOC(=O)[C@H]1[C@H]2C(=O)N([C@@H](CO)[C@@H](C)CC)C(C(=O)N(CC=C)c3ccc(N(CC)CC)cc3)C23CC(Br)[C@@H]1S3. The van der Waals surface area contributed by atoms with Crippen molar-refractivity contribution in [3.63, 3.8) is 0 Å².